The summed E-state index contributed by atoms with van der Waals surface area (Å²) in [5.74, 6) is 0.164. The molecule has 25 heavy (non-hydrogen) atoms. The van der Waals surface area contributed by atoms with Crippen LogP contribution in [0.1, 0.15) is 36.9 Å². The monoisotopic (exact) mass is 338 g/mol. The van der Waals surface area contributed by atoms with E-state index in [0.717, 1.165) is 48.2 Å². The number of hydrogen-bond donors (Lipinski definition) is 0. The molecule has 0 N–H and O–H groups in total. The molecule has 1 amide bonds. The molecule has 1 fully saturated rings. The Morgan fingerprint density at radius 1 is 1.28 bits per heavy atom. The molecule has 0 radical (unpaired) electrons. The van der Waals surface area contributed by atoms with E-state index >= 15 is 0 Å². The maximum absolute atomic E-state index is 12.8. The van der Waals surface area contributed by atoms with E-state index < -0.39 is 0 Å². The van der Waals surface area contributed by atoms with E-state index in [1.165, 1.54) is 0 Å². The van der Waals surface area contributed by atoms with E-state index in [1.54, 1.807) is 25.8 Å². The number of fused-ring (bicyclic) bond motifs is 1. The van der Waals surface area contributed by atoms with E-state index in [-0.39, 0.29) is 11.5 Å². The first kappa shape index (κ1) is 16.1. The molecule has 6 heteroatoms. The lowest BCUT2D eigenvalue weighted by Gasteiger charge is -2.41. The van der Waals surface area contributed by atoms with E-state index in [9.17, 15) is 4.79 Å². The number of hydrogen-bond acceptors (Lipinski definition) is 5. The van der Waals surface area contributed by atoms with Crippen molar-refractivity contribution in [1.29, 1.82) is 0 Å². The molecule has 4 rings (SSSR count). The van der Waals surface area contributed by atoms with Crippen molar-refractivity contribution in [2.75, 3.05) is 13.7 Å². The Morgan fingerprint density at radius 2 is 2.08 bits per heavy atom. The van der Waals surface area contributed by atoms with Crippen molar-refractivity contribution in [1.82, 2.24) is 19.9 Å². The fourth-order valence-electron chi connectivity index (χ4n) is 3.72. The second-order valence-corrected chi connectivity index (χ2v) is 6.87. The number of carbonyl (C=O) groups excluding carboxylic acids is 1. The highest BCUT2D eigenvalue weighted by Crippen LogP contribution is 2.39. The molecule has 0 unspecified atom stereocenters. The van der Waals surface area contributed by atoms with Gasteiger partial charge >= 0.3 is 0 Å². The fraction of sp³-hybridized carbons (Fsp3) is 0.474. The third kappa shape index (κ3) is 3.02. The first-order valence-corrected chi connectivity index (χ1v) is 8.77. The van der Waals surface area contributed by atoms with E-state index in [4.69, 9.17) is 4.74 Å². The van der Waals surface area contributed by atoms with Crippen LogP contribution in [0, 0.1) is 0 Å². The average molecular weight is 338 g/mol. The summed E-state index contributed by atoms with van der Waals surface area (Å²) in [6, 6.07) is 3.88. The Hall–Kier alpha value is -2.34. The molecular formula is C19H22N4O2. The summed E-state index contributed by atoms with van der Waals surface area (Å²) in [4.78, 5) is 27.7. The Labute approximate surface area is 147 Å². The highest BCUT2D eigenvalue weighted by molar-refractivity contribution is 5.78. The van der Waals surface area contributed by atoms with Gasteiger partial charge in [0.05, 0.1) is 23.4 Å². The minimum atomic E-state index is -0.238. The Balaban J connectivity index is 1.57. The molecule has 0 aromatic carbocycles. The van der Waals surface area contributed by atoms with Crippen molar-refractivity contribution in [3.63, 3.8) is 0 Å². The molecule has 2 aromatic heterocycles. The summed E-state index contributed by atoms with van der Waals surface area (Å²) in [5, 5.41) is 0. The lowest BCUT2D eigenvalue weighted by Crippen LogP contribution is -2.46. The van der Waals surface area contributed by atoms with E-state index in [2.05, 4.69) is 15.0 Å². The summed E-state index contributed by atoms with van der Waals surface area (Å²) in [6.45, 7) is 1.27. The topological polar surface area (TPSA) is 68.2 Å². The Morgan fingerprint density at radius 3 is 2.76 bits per heavy atom. The summed E-state index contributed by atoms with van der Waals surface area (Å²) < 4.78 is 5.62. The van der Waals surface area contributed by atoms with Crippen LogP contribution in [-0.2, 0) is 22.5 Å². The molecule has 1 saturated carbocycles. The van der Waals surface area contributed by atoms with Crippen molar-refractivity contribution in [2.45, 2.75) is 44.2 Å². The van der Waals surface area contributed by atoms with Gasteiger partial charge in [-0.15, -0.1) is 0 Å². The molecule has 1 aliphatic heterocycles. The Kier molecular flexibility index (Phi) is 4.21. The zero-order valence-corrected chi connectivity index (χ0v) is 14.4. The van der Waals surface area contributed by atoms with Gasteiger partial charge in [0, 0.05) is 50.1 Å². The van der Waals surface area contributed by atoms with E-state index in [0.29, 0.717) is 19.5 Å². The number of carbonyl (C=O) groups is 1. The van der Waals surface area contributed by atoms with Crippen LogP contribution in [0.5, 0.6) is 0 Å². The minimum Gasteiger partial charge on any atom is -0.378 e. The van der Waals surface area contributed by atoms with Gasteiger partial charge in [-0.05, 0) is 31.4 Å². The molecule has 2 aliphatic rings. The van der Waals surface area contributed by atoms with Crippen LogP contribution < -0.4 is 0 Å². The normalized spacial score (nSPS) is 18.4. The van der Waals surface area contributed by atoms with Crippen molar-refractivity contribution < 1.29 is 9.53 Å². The van der Waals surface area contributed by atoms with Gasteiger partial charge in [-0.1, -0.05) is 0 Å². The third-order valence-corrected chi connectivity index (χ3v) is 5.48. The lowest BCUT2D eigenvalue weighted by atomic mass is 9.77. The average Bonchev–Trinajstić information content (AvgIpc) is 2.64. The Bertz CT molecular complexity index is 769. The van der Waals surface area contributed by atoms with E-state index in [1.807, 2.05) is 17.0 Å². The number of methoxy groups -OCH3 is 1. The molecule has 0 bridgehead atoms. The maximum atomic E-state index is 12.8. The number of rotatable bonds is 4. The molecule has 130 valence electrons. The fourth-order valence-corrected chi connectivity index (χ4v) is 3.72. The largest absolute Gasteiger partial charge is 0.378 e. The first-order chi connectivity index (χ1) is 12.2. The van der Waals surface area contributed by atoms with Gasteiger partial charge in [0.15, 0.2) is 0 Å². The van der Waals surface area contributed by atoms with Crippen LogP contribution in [0.15, 0.2) is 30.9 Å². The van der Waals surface area contributed by atoms with Crippen molar-refractivity contribution in [3.8, 4) is 11.3 Å². The summed E-state index contributed by atoms with van der Waals surface area (Å²) in [6.07, 6.45) is 9.46. The molecule has 6 nitrogen and oxygen atoms in total. The zero-order valence-electron chi connectivity index (χ0n) is 14.4. The zero-order chi connectivity index (χ0) is 17.3. The van der Waals surface area contributed by atoms with Crippen molar-refractivity contribution in [3.05, 3.63) is 42.1 Å². The van der Waals surface area contributed by atoms with Gasteiger partial charge in [-0.3, -0.25) is 9.78 Å². The van der Waals surface area contributed by atoms with Crippen molar-refractivity contribution >= 4 is 5.91 Å². The number of pyridine rings is 1. The first-order valence-electron chi connectivity index (χ1n) is 8.77. The molecule has 0 spiro atoms. The molecule has 2 aromatic rings. The number of ether oxygens (including phenoxy) is 1. The van der Waals surface area contributed by atoms with Gasteiger partial charge < -0.3 is 9.64 Å². The van der Waals surface area contributed by atoms with Crippen LogP contribution in [0.25, 0.3) is 11.3 Å². The summed E-state index contributed by atoms with van der Waals surface area (Å²) in [7, 11) is 1.72. The van der Waals surface area contributed by atoms with Crippen LogP contribution in [-0.4, -0.2) is 45.0 Å². The molecule has 1 aliphatic carbocycles. The maximum Gasteiger partial charge on any atom is 0.225 e. The number of amides is 1. The summed E-state index contributed by atoms with van der Waals surface area (Å²) >= 11 is 0. The van der Waals surface area contributed by atoms with Gasteiger partial charge in [0.2, 0.25) is 5.91 Å². The summed E-state index contributed by atoms with van der Waals surface area (Å²) in [5.41, 5.74) is 3.76. The second kappa shape index (κ2) is 6.52. The van der Waals surface area contributed by atoms with Gasteiger partial charge in [-0.2, -0.15) is 0 Å². The quantitative estimate of drug-likeness (QED) is 0.856. The van der Waals surface area contributed by atoms with Crippen molar-refractivity contribution in [2.24, 2.45) is 0 Å². The standard InChI is InChI=1S/C19H22N4O2/c1-25-19(6-2-7-19)11-17(24)23-10-5-16-15(12-23)18(22-13-21-16)14-3-8-20-9-4-14/h3-4,8-9,13H,2,5-7,10-12H2,1H3. The molecule has 0 saturated heterocycles. The lowest BCUT2D eigenvalue weighted by molar-refractivity contribution is -0.145. The molecule has 0 atom stereocenters. The smallest absolute Gasteiger partial charge is 0.225 e. The third-order valence-electron chi connectivity index (χ3n) is 5.48. The molecular weight excluding hydrogens is 316 g/mol. The van der Waals surface area contributed by atoms with Crippen LogP contribution in [0.4, 0.5) is 0 Å². The second-order valence-electron chi connectivity index (χ2n) is 6.87. The molecule has 3 heterocycles. The van der Waals surface area contributed by atoms with Gasteiger partial charge in [-0.25, -0.2) is 9.97 Å². The predicted molar refractivity (Wildman–Crippen MR) is 92.6 cm³/mol. The van der Waals surface area contributed by atoms with Gasteiger partial charge in [0.25, 0.3) is 0 Å². The predicted octanol–water partition coefficient (Wildman–Crippen LogP) is 2.38. The highest BCUT2D eigenvalue weighted by Gasteiger charge is 2.40. The number of nitrogens with zero attached hydrogens (tertiary/aromatic N) is 4. The van der Waals surface area contributed by atoms with Crippen LogP contribution in [0.3, 0.4) is 0 Å². The minimum absolute atomic E-state index is 0.164. The van der Waals surface area contributed by atoms with Crippen LogP contribution in [0.2, 0.25) is 0 Å². The van der Waals surface area contributed by atoms with Crippen LogP contribution >= 0.6 is 0 Å². The van der Waals surface area contributed by atoms with Gasteiger partial charge in [0.1, 0.15) is 6.33 Å². The number of aromatic nitrogens is 3. The highest BCUT2D eigenvalue weighted by atomic mass is 16.5. The SMILES string of the molecule is COC1(CC(=O)N2CCc3ncnc(-c4ccncc4)c3C2)CCC1.